The molecule has 0 radical (unpaired) electrons. The van der Waals surface area contributed by atoms with Crippen LogP contribution in [0.1, 0.15) is 41.5 Å². The first-order valence-corrected chi connectivity index (χ1v) is 21.5. The van der Waals surface area contributed by atoms with Crippen LogP contribution in [0.25, 0.3) is 32.7 Å². The number of carbonyl (C=O) groups excluding carboxylic acids is 2. The molecule has 9 rings (SSSR count). The predicted molar refractivity (Wildman–Crippen MR) is 258 cm³/mol. The molecule has 0 spiro atoms. The van der Waals surface area contributed by atoms with Crippen LogP contribution in [-0.4, -0.2) is 135 Å². The van der Waals surface area contributed by atoms with Crippen molar-refractivity contribution in [1.29, 1.82) is 0 Å². The highest BCUT2D eigenvalue weighted by Gasteiger charge is 2.34. The van der Waals surface area contributed by atoms with E-state index in [1.165, 1.54) is 14.0 Å². The number of hydrogen-bond acceptors (Lipinski definition) is 17. The largest absolute Gasteiger partial charge is 0.444 e. The molecule has 0 unspecified atom stereocenters. The fourth-order valence-corrected chi connectivity index (χ4v) is 6.78. The lowest BCUT2D eigenvalue weighted by atomic mass is 10.1. The number of halogens is 2. The molecule has 0 aromatic carbocycles. The normalized spacial score (nSPS) is 14.9. The summed E-state index contributed by atoms with van der Waals surface area (Å²) in [5.74, 6) is 1.22. The van der Waals surface area contributed by atoms with Crippen LogP contribution in [0.3, 0.4) is 0 Å². The fourth-order valence-electron chi connectivity index (χ4n) is 6.51. The molecule has 22 nitrogen and oxygen atoms in total. The maximum Gasteiger partial charge on any atom is 0.410 e. The Bertz CT molecular complexity index is 2900. The van der Waals surface area contributed by atoms with Gasteiger partial charge in [0, 0.05) is 85.0 Å². The van der Waals surface area contributed by atoms with Gasteiger partial charge in [-0.2, -0.15) is 15.3 Å². The molecule has 67 heavy (non-hydrogen) atoms. The summed E-state index contributed by atoms with van der Waals surface area (Å²) in [5.41, 5.74) is 5.75. The van der Waals surface area contributed by atoms with E-state index in [2.05, 4.69) is 46.2 Å². The van der Waals surface area contributed by atoms with E-state index in [9.17, 15) is 24.0 Å². The summed E-state index contributed by atoms with van der Waals surface area (Å²) < 4.78 is 14.3. The van der Waals surface area contributed by atoms with Crippen LogP contribution in [0.5, 0.6) is 0 Å². The summed E-state index contributed by atoms with van der Waals surface area (Å²) in [5, 5.41) is 23.9. The second-order valence-electron chi connectivity index (χ2n) is 17.8. The Kier molecular flexibility index (Phi) is 16.5. The van der Waals surface area contributed by atoms with Gasteiger partial charge in [0.25, 0.3) is 16.7 Å². The first-order chi connectivity index (χ1) is 31.1. The number of amides is 2. The number of ether oxygens (including phenoxy) is 2. The Labute approximate surface area is 396 Å². The zero-order valence-electron chi connectivity index (χ0n) is 38.8. The monoisotopic (exact) mass is 965 g/mol. The predicted octanol–water partition coefficient (Wildman–Crippen LogP) is 3.04. The maximum atomic E-state index is 12.1. The number of carbonyl (C=O) groups is 2. The number of hydrogen-bond donors (Lipinski definition) is 4. The minimum Gasteiger partial charge on any atom is -0.444 e. The Morgan fingerprint density at radius 3 is 1.40 bits per heavy atom. The van der Waals surface area contributed by atoms with Gasteiger partial charge in [-0.1, -0.05) is 11.6 Å². The van der Waals surface area contributed by atoms with Crippen LogP contribution >= 0.6 is 24.0 Å². The molecule has 3 aliphatic heterocycles. The van der Waals surface area contributed by atoms with Gasteiger partial charge < -0.3 is 41.0 Å². The summed E-state index contributed by atoms with van der Waals surface area (Å²) in [6, 6.07) is 10.9. The Morgan fingerprint density at radius 1 is 0.642 bits per heavy atom. The molecule has 6 aromatic rings. The van der Waals surface area contributed by atoms with Crippen LogP contribution in [-0.2, 0) is 30.6 Å². The lowest BCUT2D eigenvalue weighted by Gasteiger charge is -2.40. The van der Waals surface area contributed by atoms with E-state index >= 15 is 0 Å². The molecule has 5 N–H and O–H groups in total. The van der Waals surface area contributed by atoms with Crippen LogP contribution in [0, 0.1) is 0 Å². The summed E-state index contributed by atoms with van der Waals surface area (Å²) in [6.45, 7) is 15.2. The van der Waals surface area contributed by atoms with Crippen molar-refractivity contribution in [2.75, 3.05) is 49.9 Å². The number of anilines is 2. The number of nitrogens with two attached hydrogens (primary N) is 1. The van der Waals surface area contributed by atoms with Gasteiger partial charge >= 0.3 is 12.2 Å². The molecule has 2 amide bonds. The average molecular weight is 967 g/mol. The molecular weight excluding hydrogens is 909 g/mol. The molecule has 3 aliphatic rings. The highest BCUT2D eigenvalue weighted by Crippen LogP contribution is 2.22. The van der Waals surface area contributed by atoms with Gasteiger partial charge in [0.1, 0.15) is 27.8 Å². The van der Waals surface area contributed by atoms with Crippen LogP contribution in [0.4, 0.5) is 21.2 Å². The number of aryl methyl sites for hydroxylation is 3. The summed E-state index contributed by atoms with van der Waals surface area (Å²) in [4.78, 5) is 74.3. The van der Waals surface area contributed by atoms with Crippen molar-refractivity contribution in [1.82, 2.24) is 59.4 Å². The third-order valence-corrected chi connectivity index (χ3v) is 10.2. The van der Waals surface area contributed by atoms with Gasteiger partial charge in [-0.05, 0) is 77.9 Å². The smallest absolute Gasteiger partial charge is 0.410 e. The SMILES string of the molecule is CC(C)(C)OC(=O)N1CC(N)C1.Cl.Cn1nc(Cl)c2ncccc2c1=O.Cn1nc(NC2CN(C(=O)OC(C)(C)C)C2)c2ncccc2c1=O.Cn1nc(NC2CNC2)c2ncccc2c1=O. The second-order valence-corrected chi connectivity index (χ2v) is 18.2. The van der Waals surface area contributed by atoms with E-state index in [-0.39, 0.29) is 58.5 Å². The molecule has 3 fully saturated rings. The summed E-state index contributed by atoms with van der Waals surface area (Å²) >= 11 is 5.80. The number of fused-ring (bicyclic) bond motifs is 3. The molecule has 0 atom stereocenters. The second kappa shape index (κ2) is 21.4. The van der Waals surface area contributed by atoms with E-state index < -0.39 is 11.2 Å². The van der Waals surface area contributed by atoms with Crippen molar-refractivity contribution in [3.63, 3.8) is 0 Å². The first-order valence-electron chi connectivity index (χ1n) is 21.2. The van der Waals surface area contributed by atoms with Gasteiger partial charge in [0.15, 0.2) is 16.8 Å². The number of aromatic nitrogens is 9. The third kappa shape index (κ3) is 13.1. The van der Waals surface area contributed by atoms with Crippen LogP contribution in [0.15, 0.2) is 69.4 Å². The minimum absolute atomic E-state index is 0. The van der Waals surface area contributed by atoms with Gasteiger partial charge in [-0.3, -0.25) is 29.3 Å². The molecule has 3 saturated heterocycles. The Hall–Kier alpha value is -6.49. The van der Waals surface area contributed by atoms with Gasteiger partial charge in [0.2, 0.25) is 0 Å². The Morgan fingerprint density at radius 2 is 1.01 bits per heavy atom. The highest BCUT2D eigenvalue weighted by atomic mass is 35.5. The molecule has 0 aliphatic carbocycles. The summed E-state index contributed by atoms with van der Waals surface area (Å²) in [6.07, 6.45) is 4.30. The average Bonchev–Trinajstić information content (AvgIpc) is 3.21. The van der Waals surface area contributed by atoms with Crippen molar-refractivity contribution in [3.8, 4) is 0 Å². The van der Waals surface area contributed by atoms with Crippen molar-refractivity contribution >= 4 is 80.5 Å². The lowest BCUT2D eigenvalue weighted by molar-refractivity contribution is 0.00845. The van der Waals surface area contributed by atoms with E-state index in [0.717, 1.165) is 13.1 Å². The molecule has 9 heterocycles. The number of nitrogens with one attached hydrogen (secondary N) is 3. The van der Waals surface area contributed by atoms with E-state index in [0.29, 0.717) is 76.6 Å². The van der Waals surface area contributed by atoms with Crippen molar-refractivity contribution in [3.05, 3.63) is 91.2 Å². The third-order valence-electron chi connectivity index (χ3n) is 9.94. The minimum atomic E-state index is -0.505. The molecular formula is C43H57Cl2N15O7. The maximum absolute atomic E-state index is 12.1. The molecule has 6 aromatic heterocycles. The zero-order valence-corrected chi connectivity index (χ0v) is 40.4. The quantitative estimate of drug-likeness (QED) is 0.198. The molecule has 0 bridgehead atoms. The number of pyridine rings is 3. The number of nitrogens with zero attached hydrogens (tertiary/aromatic N) is 11. The number of rotatable bonds is 4. The van der Waals surface area contributed by atoms with Crippen molar-refractivity contribution in [2.24, 2.45) is 26.9 Å². The van der Waals surface area contributed by atoms with Crippen molar-refractivity contribution < 1.29 is 19.1 Å². The molecule has 24 heteroatoms. The van der Waals surface area contributed by atoms with Gasteiger partial charge in [-0.25, -0.2) is 23.6 Å². The molecule has 360 valence electrons. The Balaban J connectivity index is 0.000000173. The van der Waals surface area contributed by atoms with E-state index in [1.807, 2.05) is 41.5 Å². The van der Waals surface area contributed by atoms with E-state index in [1.54, 1.807) is 85.9 Å². The topological polar surface area (TPSA) is 265 Å². The summed E-state index contributed by atoms with van der Waals surface area (Å²) in [7, 11) is 4.81. The van der Waals surface area contributed by atoms with Gasteiger partial charge in [0.05, 0.1) is 28.2 Å². The lowest BCUT2D eigenvalue weighted by Crippen LogP contribution is -2.58. The van der Waals surface area contributed by atoms with Crippen LogP contribution < -0.4 is 38.4 Å². The van der Waals surface area contributed by atoms with Gasteiger partial charge in [-0.15, -0.1) is 12.4 Å². The zero-order chi connectivity index (χ0) is 48.1. The fraction of sp³-hybridized carbons (Fsp3) is 0.465. The first kappa shape index (κ1) is 51.5. The van der Waals surface area contributed by atoms with E-state index in [4.69, 9.17) is 26.8 Å². The molecule has 0 saturated carbocycles. The van der Waals surface area contributed by atoms with Crippen LogP contribution in [0.2, 0.25) is 5.15 Å². The standard InChI is InChI=1S/C16H21N5O3.C11H13N5O.C8H6ClN3O.C8H16N2O2.ClH/c1-16(2,3)24-15(23)21-8-10(9-21)18-13-12-11(6-5-7-17-12)14(22)20(4)19-13;1-16-11(17)8-3-2-4-13-9(8)10(15-16)14-7-5-12-6-7;1-12-8(13)5-3-2-4-10-6(5)7(9)11-12;1-8(2,3)12-7(11)10-4-6(9)5-10;/h5-7,10H,8-9H2,1-4H3,(H,18,19);2-4,7,12H,5-6H2,1H3,(H,14,15);2-4H,1H3;6H,4-5,9H2,1-3H3;1H. The highest BCUT2D eigenvalue weighted by molar-refractivity contribution is 6.33. The van der Waals surface area contributed by atoms with Crippen molar-refractivity contribution in [2.45, 2.75) is 70.9 Å². The number of likely N-dealkylation sites (tertiary alicyclic amines) is 2.